The van der Waals surface area contributed by atoms with Crippen molar-refractivity contribution in [2.45, 2.75) is 32.4 Å². The van der Waals surface area contributed by atoms with Gasteiger partial charge in [-0.3, -0.25) is 19.1 Å². The summed E-state index contributed by atoms with van der Waals surface area (Å²) in [5.74, 6) is 0.305. The third-order valence-electron chi connectivity index (χ3n) is 6.31. The number of nitrogens with zero attached hydrogens (tertiary/aromatic N) is 3. The number of aromatic nitrogens is 2. The van der Waals surface area contributed by atoms with Gasteiger partial charge in [0.15, 0.2) is 0 Å². The second-order valence-electron chi connectivity index (χ2n) is 8.25. The predicted octanol–water partition coefficient (Wildman–Crippen LogP) is 2.66. The van der Waals surface area contributed by atoms with Crippen molar-refractivity contribution >= 4 is 27.5 Å². The molecular formula is C23H25FN4O3S. The molecule has 0 radical (unpaired) electrons. The van der Waals surface area contributed by atoms with E-state index < -0.39 is 0 Å². The minimum Gasteiger partial charge on any atom is -0.379 e. The molecule has 0 spiro atoms. The molecule has 7 nitrogen and oxygen atoms in total. The fraction of sp³-hybridized carbons (Fsp3) is 0.435. The first-order chi connectivity index (χ1) is 15.5. The van der Waals surface area contributed by atoms with E-state index in [0.717, 1.165) is 37.3 Å². The first-order valence-corrected chi connectivity index (χ1v) is 11.7. The van der Waals surface area contributed by atoms with Crippen molar-refractivity contribution in [1.82, 2.24) is 19.8 Å². The standard InChI is InChI=1S/C23H25FN4O3S/c1-14-19-22(26-18-3-2-8-28(18)23(19)30)32-20(14)21(29)25-13-17(27-9-11-31-12-10-27)15-4-6-16(24)7-5-15/h4-7,17H,2-3,8-13H2,1H3,(H,25,29)/t17-/m1/s1. The molecule has 1 amide bonds. The molecule has 9 heteroatoms. The van der Waals surface area contributed by atoms with Crippen LogP contribution in [0.15, 0.2) is 29.1 Å². The summed E-state index contributed by atoms with van der Waals surface area (Å²) in [7, 11) is 0. The Morgan fingerprint density at radius 1 is 1.25 bits per heavy atom. The predicted molar refractivity (Wildman–Crippen MR) is 121 cm³/mol. The average molecular weight is 457 g/mol. The van der Waals surface area contributed by atoms with E-state index in [0.29, 0.717) is 47.0 Å². The highest BCUT2D eigenvalue weighted by molar-refractivity contribution is 7.20. The Balaban J connectivity index is 1.40. The van der Waals surface area contributed by atoms with E-state index in [2.05, 4.69) is 15.2 Å². The molecule has 4 heterocycles. The van der Waals surface area contributed by atoms with Crippen LogP contribution in [-0.2, 0) is 17.7 Å². The number of hydrogen-bond donors (Lipinski definition) is 1. The van der Waals surface area contributed by atoms with Gasteiger partial charge >= 0.3 is 0 Å². The zero-order valence-corrected chi connectivity index (χ0v) is 18.7. The summed E-state index contributed by atoms with van der Waals surface area (Å²) in [4.78, 5) is 34.1. The summed E-state index contributed by atoms with van der Waals surface area (Å²) in [5.41, 5.74) is 1.58. The number of ether oxygens (including phenoxy) is 1. The Morgan fingerprint density at radius 3 is 2.75 bits per heavy atom. The summed E-state index contributed by atoms with van der Waals surface area (Å²) in [6, 6.07) is 6.32. The van der Waals surface area contributed by atoms with Crippen LogP contribution in [0.25, 0.3) is 10.2 Å². The third kappa shape index (κ3) is 3.85. The van der Waals surface area contributed by atoms with Gasteiger partial charge in [-0.15, -0.1) is 11.3 Å². The van der Waals surface area contributed by atoms with E-state index in [1.165, 1.54) is 23.5 Å². The van der Waals surface area contributed by atoms with Crippen LogP contribution in [0.4, 0.5) is 4.39 Å². The Bertz CT molecular complexity index is 1210. The third-order valence-corrected chi connectivity index (χ3v) is 7.50. The van der Waals surface area contributed by atoms with Crippen LogP contribution in [0, 0.1) is 12.7 Å². The fourth-order valence-electron chi connectivity index (χ4n) is 4.59. The topological polar surface area (TPSA) is 76.5 Å². The lowest BCUT2D eigenvalue weighted by Crippen LogP contribution is -2.43. The average Bonchev–Trinajstić information content (AvgIpc) is 3.41. The summed E-state index contributed by atoms with van der Waals surface area (Å²) >= 11 is 1.28. The first kappa shape index (κ1) is 21.2. The molecule has 1 saturated heterocycles. The molecule has 3 aromatic rings. The van der Waals surface area contributed by atoms with Gasteiger partial charge in [0, 0.05) is 32.6 Å². The monoisotopic (exact) mass is 456 g/mol. The molecule has 168 valence electrons. The Kier molecular flexibility index (Phi) is 5.79. The molecule has 0 bridgehead atoms. The van der Waals surface area contributed by atoms with E-state index in [1.807, 2.05) is 6.92 Å². The van der Waals surface area contributed by atoms with Gasteiger partial charge in [0.2, 0.25) is 0 Å². The molecule has 2 aliphatic heterocycles. The van der Waals surface area contributed by atoms with Gasteiger partial charge in [0.25, 0.3) is 11.5 Å². The van der Waals surface area contributed by atoms with Crippen LogP contribution < -0.4 is 10.9 Å². The van der Waals surface area contributed by atoms with E-state index in [-0.39, 0.29) is 23.3 Å². The normalized spacial score (nSPS) is 17.4. The van der Waals surface area contributed by atoms with Crippen molar-refractivity contribution in [3.05, 3.63) is 62.3 Å². The minimum atomic E-state index is -0.287. The van der Waals surface area contributed by atoms with Crippen molar-refractivity contribution in [2.24, 2.45) is 0 Å². The number of aryl methyl sites for hydroxylation is 2. The summed E-state index contributed by atoms with van der Waals surface area (Å²) in [5, 5.41) is 3.60. The molecule has 2 aromatic heterocycles. The van der Waals surface area contributed by atoms with Crippen molar-refractivity contribution in [3.63, 3.8) is 0 Å². The summed E-state index contributed by atoms with van der Waals surface area (Å²) in [6.07, 6.45) is 1.72. The van der Waals surface area contributed by atoms with Crippen molar-refractivity contribution in [1.29, 1.82) is 0 Å². The number of benzene rings is 1. The van der Waals surface area contributed by atoms with Gasteiger partial charge in [0.05, 0.1) is 29.5 Å². The molecule has 1 atom stereocenters. The molecular weight excluding hydrogens is 431 g/mol. The number of carbonyl (C=O) groups excluding carboxylic acids is 1. The zero-order chi connectivity index (χ0) is 22.2. The van der Waals surface area contributed by atoms with Gasteiger partial charge < -0.3 is 10.1 Å². The second kappa shape index (κ2) is 8.73. The number of morpholine rings is 1. The smallest absolute Gasteiger partial charge is 0.262 e. The second-order valence-corrected chi connectivity index (χ2v) is 9.25. The highest BCUT2D eigenvalue weighted by Gasteiger charge is 2.26. The van der Waals surface area contributed by atoms with Crippen LogP contribution in [0.1, 0.15) is 39.1 Å². The van der Waals surface area contributed by atoms with Crippen LogP contribution >= 0.6 is 11.3 Å². The lowest BCUT2D eigenvalue weighted by molar-refractivity contribution is 0.0162. The molecule has 32 heavy (non-hydrogen) atoms. The minimum absolute atomic E-state index is 0.0483. The van der Waals surface area contributed by atoms with E-state index in [1.54, 1.807) is 16.7 Å². The fourth-order valence-corrected chi connectivity index (χ4v) is 5.70. The van der Waals surface area contributed by atoms with Crippen LogP contribution in [0.3, 0.4) is 0 Å². The lowest BCUT2D eigenvalue weighted by Gasteiger charge is -2.35. The maximum atomic E-state index is 13.5. The van der Waals surface area contributed by atoms with Crippen LogP contribution in [0.5, 0.6) is 0 Å². The van der Waals surface area contributed by atoms with Gasteiger partial charge in [-0.25, -0.2) is 9.37 Å². The van der Waals surface area contributed by atoms with E-state index >= 15 is 0 Å². The van der Waals surface area contributed by atoms with Crippen molar-refractivity contribution < 1.29 is 13.9 Å². The molecule has 1 aromatic carbocycles. The van der Waals surface area contributed by atoms with Crippen LogP contribution in [-0.4, -0.2) is 53.2 Å². The van der Waals surface area contributed by atoms with E-state index in [4.69, 9.17) is 4.74 Å². The van der Waals surface area contributed by atoms with Gasteiger partial charge in [-0.05, 0) is 36.6 Å². The number of halogens is 1. The number of hydrogen-bond acceptors (Lipinski definition) is 6. The first-order valence-electron chi connectivity index (χ1n) is 10.9. The highest BCUT2D eigenvalue weighted by atomic mass is 32.1. The summed E-state index contributed by atoms with van der Waals surface area (Å²) < 4.78 is 20.7. The zero-order valence-electron chi connectivity index (χ0n) is 17.9. The van der Waals surface area contributed by atoms with Gasteiger partial charge in [0.1, 0.15) is 16.5 Å². The number of amides is 1. The number of carbonyl (C=O) groups is 1. The molecule has 1 N–H and O–H groups in total. The maximum Gasteiger partial charge on any atom is 0.262 e. The summed E-state index contributed by atoms with van der Waals surface area (Å²) in [6.45, 7) is 5.62. The van der Waals surface area contributed by atoms with Gasteiger partial charge in [-0.1, -0.05) is 12.1 Å². The molecule has 1 fully saturated rings. The maximum absolute atomic E-state index is 13.5. The number of thiophene rings is 1. The lowest BCUT2D eigenvalue weighted by atomic mass is 10.0. The molecule has 5 rings (SSSR count). The highest BCUT2D eigenvalue weighted by Crippen LogP contribution is 2.29. The van der Waals surface area contributed by atoms with Crippen molar-refractivity contribution in [3.8, 4) is 0 Å². The van der Waals surface area contributed by atoms with Crippen LogP contribution in [0.2, 0.25) is 0 Å². The largest absolute Gasteiger partial charge is 0.379 e. The number of fused-ring (bicyclic) bond motifs is 2. The molecule has 0 aliphatic carbocycles. The van der Waals surface area contributed by atoms with Gasteiger partial charge in [-0.2, -0.15) is 0 Å². The molecule has 0 saturated carbocycles. The quantitative estimate of drug-likeness (QED) is 0.639. The Labute approximate surface area is 188 Å². The number of nitrogens with one attached hydrogen (secondary N) is 1. The SMILES string of the molecule is Cc1c(C(=O)NC[C@H](c2ccc(F)cc2)N2CCOCC2)sc2nc3n(c(=O)c12)CCC3. The van der Waals surface area contributed by atoms with Crippen molar-refractivity contribution in [2.75, 3.05) is 32.8 Å². The van der Waals surface area contributed by atoms with E-state index in [9.17, 15) is 14.0 Å². The number of rotatable bonds is 5. The molecule has 0 unspecified atom stereocenters. The Hall–Kier alpha value is -2.62. The molecule has 2 aliphatic rings. The Morgan fingerprint density at radius 2 is 2.00 bits per heavy atom.